The molecule has 0 radical (unpaired) electrons. The van der Waals surface area contributed by atoms with Gasteiger partial charge in [-0.05, 0) is 19.5 Å². The number of rotatable bonds is 5. The summed E-state index contributed by atoms with van der Waals surface area (Å²) in [6, 6.07) is 0. The molecule has 0 bridgehead atoms. The molecule has 1 atom stereocenters. The van der Waals surface area contributed by atoms with E-state index in [1.54, 1.807) is 6.92 Å². The number of hydrogen-bond acceptors (Lipinski definition) is 4. The Balaban J connectivity index is 2.53. The molecule has 1 aliphatic rings. The van der Waals surface area contributed by atoms with Gasteiger partial charge in [0.1, 0.15) is 0 Å². The zero-order chi connectivity index (χ0) is 13.9. The summed E-state index contributed by atoms with van der Waals surface area (Å²) in [6.07, 6.45) is 0.502. The third kappa shape index (κ3) is 4.98. The van der Waals surface area contributed by atoms with Gasteiger partial charge in [0.05, 0.1) is 0 Å². The first-order valence-electron chi connectivity index (χ1n) is 6.29. The summed E-state index contributed by atoms with van der Waals surface area (Å²) in [7, 11) is 4.09. The van der Waals surface area contributed by atoms with Crippen LogP contribution in [0.1, 0.15) is 27.2 Å². The van der Waals surface area contributed by atoms with Crippen molar-refractivity contribution in [1.82, 2.24) is 9.80 Å². The second-order valence-electron chi connectivity index (χ2n) is 6.11. The first-order valence-corrected chi connectivity index (χ1v) is 7.17. The molecule has 1 amide bonds. The predicted molar refractivity (Wildman–Crippen MR) is 75.6 cm³/mol. The number of nitrogens with zero attached hydrogens (tertiary/aromatic N) is 2. The Morgan fingerprint density at radius 2 is 2.11 bits per heavy atom. The van der Waals surface area contributed by atoms with Gasteiger partial charge in [-0.1, -0.05) is 25.6 Å². The van der Waals surface area contributed by atoms with Crippen LogP contribution in [-0.2, 0) is 9.59 Å². The highest BCUT2D eigenvalue weighted by atomic mass is 32.2. The van der Waals surface area contributed by atoms with Crippen molar-refractivity contribution >= 4 is 22.8 Å². The highest BCUT2D eigenvalue weighted by Gasteiger charge is 2.34. The normalized spacial score (nSPS) is 20.9. The largest absolute Gasteiger partial charge is 0.341 e. The minimum atomic E-state index is 0.0783. The Bertz CT molecular complexity index is 329. The van der Waals surface area contributed by atoms with E-state index in [2.05, 4.69) is 18.7 Å². The lowest BCUT2D eigenvalue weighted by Gasteiger charge is -2.32. The maximum absolute atomic E-state index is 11.9. The van der Waals surface area contributed by atoms with Crippen LogP contribution in [0.15, 0.2) is 0 Å². The summed E-state index contributed by atoms with van der Waals surface area (Å²) in [5.41, 5.74) is 0.0783. The van der Waals surface area contributed by atoms with Crippen LogP contribution in [0.25, 0.3) is 0 Å². The SMILES string of the molecule is CC(=O)SC1CC(=O)N(CC(C)(C)CN(C)C)C1. The Kier molecular flexibility index (Phi) is 5.22. The molecule has 4 nitrogen and oxygen atoms in total. The molecule has 0 N–H and O–H groups in total. The van der Waals surface area contributed by atoms with Crippen molar-refractivity contribution in [3.05, 3.63) is 0 Å². The van der Waals surface area contributed by atoms with Gasteiger partial charge in [-0.2, -0.15) is 0 Å². The minimum absolute atomic E-state index is 0.0783. The van der Waals surface area contributed by atoms with Gasteiger partial charge in [-0.25, -0.2) is 0 Å². The first-order chi connectivity index (χ1) is 8.19. The van der Waals surface area contributed by atoms with Crippen molar-refractivity contribution in [1.29, 1.82) is 0 Å². The van der Waals surface area contributed by atoms with Gasteiger partial charge in [0.15, 0.2) is 5.12 Å². The van der Waals surface area contributed by atoms with Crippen LogP contribution in [-0.4, -0.2) is 59.8 Å². The van der Waals surface area contributed by atoms with E-state index in [0.29, 0.717) is 13.0 Å². The number of carbonyl (C=O) groups excluding carboxylic acids is 2. The molecule has 0 spiro atoms. The average molecular weight is 272 g/mol. The second kappa shape index (κ2) is 6.06. The van der Waals surface area contributed by atoms with Crippen LogP contribution < -0.4 is 0 Å². The van der Waals surface area contributed by atoms with Crippen LogP contribution >= 0.6 is 11.8 Å². The molecule has 1 unspecified atom stereocenters. The fraction of sp³-hybridized carbons (Fsp3) is 0.846. The van der Waals surface area contributed by atoms with Crippen LogP contribution in [0.4, 0.5) is 0 Å². The zero-order valence-electron chi connectivity index (χ0n) is 12.0. The Morgan fingerprint density at radius 1 is 1.50 bits per heavy atom. The average Bonchev–Trinajstić information content (AvgIpc) is 2.41. The van der Waals surface area contributed by atoms with E-state index < -0.39 is 0 Å². The maximum Gasteiger partial charge on any atom is 0.223 e. The summed E-state index contributed by atoms with van der Waals surface area (Å²) < 4.78 is 0. The minimum Gasteiger partial charge on any atom is -0.341 e. The van der Waals surface area contributed by atoms with Crippen molar-refractivity contribution in [2.24, 2.45) is 5.41 Å². The summed E-state index contributed by atoms with van der Waals surface area (Å²) in [4.78, 5) is 27.0. The number of carbonyl (C=O) groups is 2. The molecule has 18 heavy (non-hydrogen) atoms. The molecule has 1 heterocycles. The molecule has 0 aromatic heterocycles. The standard InChI is InChI=1S/C13H24N2O2S/c1-10(16)18-11-6-12(17)15(7-11)9-13(2,3)8-14(4)5/h11H,6-9H2,1-5H3. The third-order valence-electron chi connectivity index (χ3n) is 2.87. The van der Waals surface area contributed by atoms with Crippen LogP contribution in [0.2, 0.25) is 0 Å². The summed E-state index contributed by atoms with van der Waals surface area (Å²) >= 11 is 1.30. The quantitative estimate of drug-likeness (QED) is 0.759. The smallest absolute Gasteiger partial charge is 0.223 e. The maximum atomic E-state index is 11.9. The number of amides is 1. The predicted octanol–water partition coefficient (Wildman–Crippen LogP) is 1.45. The van der Waals surface area contributed by atoms with Crippen molar-refractivity contribution < 1.29 is 9.59 Å². The molecular formula is C13H24N2O2S. The lowest BCUT2D eigenvalue weighted by atomic mass is 9.92. The monoisotopic (exact) mass is 272 g/mol. The molecule has 1 saturated heterocycles. The summed E-state index contributed by atoms with van der Waals surface area (Å²) in [5.74, 6) is 0.181. The third-order valence-corrected chi connectivity index (χ3v) is 3.86. The fourth-order valence-electron chi connectivity index (χ4n) is 2.63. The van der Waals surface area contributed by atoms with Gasteiger partial charge in [0, 0.05) is 38.2 Å². The molecular weight excluding hydrogens is 248 g/mol. The summed E-state index contributed by atoms with van der Waals surface area (Å²) in [5, 5.41) is 0.243. The molecule has 0 aromatic carbocycles. The molecule has 0 aromatic rings. The van der Waals surface area contributed by atoms with Gasteiger partial charge < -0.3 is 9.80 Å². The highest BCUT2D eigenvalue weighted by Crippen LogP contribution is 2.27. The van der Waals surface area contributed by atoms with E-state index in [4.69, 9.17) is 0 Å². The first kappa shape index (κ1) is 15.5. The number of thioether (sulfide) groups is 1. The van der Waals surface area contributed by atoms with Crippen molar-refractivity contribution in [3.8, 4) is 0 Å². The van der Waals surface area contributed by atoms with Crippen molar-refractivity contribution in [3.63, 3.8) is 0 Å². The van der Waals surface area contributed by atoms with Crippen molar-refractivity contribution in [2.45, 2.75) is 32.4 Å². The second-order valence-corrected chi connectivity index (χ2v) is 7.59. The van der Waals surface area contributed by atoms with Gasteiger partial charge in [-0.3, -0.25) is 9.59 Å². The van der Waals surface area contributed by atoms with E-state index in [-0.39, 0.29) is 21.7 Å². The fourth-order valence-corrected chi connectivity index (χ4v) is 3.57. The van der Waals surface area contributed by atoms with Gasteiger partial charge in [0.2, 0.25) is 5.91 Å². The van der Waals surface area contributed by atoms with Gasteiger partial charge in [0.25, 0.3) is 0 Å². The van der Waals surface area contributed by atoms with E-state index in [9.17, 15) is 9.59 Å². The molecule has 1 aliphatic heterocycles. The summed E-state index contributed by atoms with van der Waals surface area (Å²) in [6.45, 7) is 8.32. The molecule has 1 fully saturated rings. The molecule has 1 rings (SSSR count). The number of hydrogen-bond donors (Lipinski definition) is 0. The van der Waals surface area contributed by atoms with Crippen LogP contribution in [0.3, 0.4) is 0 Å². The van der Waals surface area contributed by atoms with E-state index in [1.807, 2.05) is 19.0 Å². The van der Waals surface area contributed by atoms with E-state index in [1.165, 1.54) is 11.8 Å². The van der Waals surface area contributed by atoms with Gasteiger partial charge >= 0.3 is 0 Å². The zero-order valence-corrected chi connectivity index (χ0v) is 12.8. The Labute approximate surface area is 114 Å². The lowest BCUT2D eigenvalue weighted by molar-refractivity contribution is -0.129. The Morgan fingerprint density at radius 3 is 2.61 bits per heavy atom. The van der Waals surface area contributed by atoms with Crippen LogP contribution in [0.5, 0.6) is 0 Å². The van der Waals surface area contributed by atoms with Crippen molar-refractivity contribution in [2.75, 3.05) is 33.7 Å². The molecule has 5 heteroatoms. The molecule has 0 aliphatic carbocycles. The van der Waals surface area contributed by atoms with E-state index in [0.717, 1.165) is 13.1 Å². The molecule has 104 valence electrons. The highest BCUT2D eigenvalue weighted by molar-refractivity contribution is 8.14. The lowest BCUT2D eigenvalue weighted by Crippen LogP contribution is -2.41. The van der Waals surface area contributed by atoms with Gasteiger partial charge in [-0.15, -0.1) is 0 Å². The topological polar surface area (TPSA) is 40.6 Å². The number of likely N-dealkylation sites (tertiary alicyclic amines) is 1. The van der Waals surface area contributed by atoms with Crippen LogP contribution in [0, 0.1) is 5.41 Å². The molecule has 0 saturated carbocycles. The Hall–Kier alpha value is -0.550. The van der Waals surface area contributed by atoms with E-state index >= 15 is 0 Å².